The fraction of sp³-hybridized carbons (Fsp3) is 0.190. The first-order chi connectivity index (χ1) is 15.8. The van der Waals surface area contributed by atoms with Crippen LogP contribution in [-0.2, 0) is 12.2 Å². The van der Waals surface area contributed by atoms with Crippen LogP contribution in [0.4, 0.5) is 5.13 Å². The van der Waals surface area contributed by atoms with Crippen LogP contribution in [0.1, 0.15) is 16.5 Å². The standard InChI is InChI=1S/C21H18N6O2S3/c1-13-17(18(27-29-13)14-6-3-2-4-7-14)19-24-23-16(28-19)12-31-21-26-25-20(32-21)22-10-9-15-8-5-11-30-15/h2-8,11H,9-10,12H2,1H3,(H,22,25). The average Bonchev–Trinajstić information content (AvgIpc) is 3.61. The molecule has 5 aromatic rings. The first-order valence-corrected chi connectivity index (χ1v) is 12.5. The first-order valence-electron chi connectivity index (χ1n) is 9.83. The number of nitrogens with zero attached hydrogens (tertiary/aromatic N) is 5. The maximum Gasteiger partial charge on any atom is 0.253 e. The number of hydrogen-bond donors (Lipinski definition) is 1. The van der Waals surface area contributed by atoms with Crippen LogP contribution in [0.3, 0.4) is 0 Å². The van der Waals surface area contributed by atoms with Crippen molar-refractivity contribution in [1.29, 1.82) is 0 Å². The molecule has 0 aliphatic heterocycles. The molecule has 5 rings (SSSR count). The molecule has 0 aliphatic rings. The normalized spacial score (nSPS) is 11.2. The van der Waals surface area contributed by atoms with E-state index in [2.05, 4.69) is 48.4 Å². The van der Waals surface area contributed by atoms with Crippen LogP contribution in [0.2, 0.25) is 0 Å². The topological polar surface area (TPSA) is 103 Å². The minimum Gasteiger partial charge on any atom is -0.420 e. The summed E-state index contributed by atoms with van der Waals surface area (Å²) in [5.74, 6) is 2.04. The Morgan fingerprint density at radius 3 is 2.78 bits per heavy atom. The molecule has 0 spiro atoms. The number of anilines is 1. The summed E-state index contributed by atoms with van der Waals surface area (Å²) in [5, 5.41) is 27.2. The van der Waals surface area contributed by atoms with E-state index in [1.54, 1.807) is 11.3 Å². The van der Waals surface area contributed by atoms with Gasteiger partial charge in [0, 0.05) is 17.0 Å². The highest BCUT2D eigenvalue weighted by Crippen LogP contribution is 2.34. The molecule has 162 valence electrons. The Balaban J connectivity index is 1.21. The minimum atomic E-state index is 0.395. The van der Waals surface area contributed by atoms with Crippen molar-refractivity contribution in [3.63, 3.8) is 0 Å². The lowest BCUT2D eigenvalue weighted by Crippen LogP contribution is -2.03. The molecule has 1 N–H and O–H groups in total. The van der Waals surface area contributed by atoms with E-state index < -0.39 is 0 Å². The molecule has 0 saturated carbocycles. The van der Waals surface area contributed by atoms with E-state index in [0.29, 0.717) is 34.6 Å². The molecule has 11 heteroatoms. The number of rotatable bonds is 9. The Hall–Kier alpha value is -3.02. The molecule has 0 atom stereocenters. The second-order valence-corrected chi connectivity index (χ2v) is 9.98. The van der Waals surface area contributed by atoms with Gasteiger partial charge in [-0.25, -0.2) is 0 Å². The number of thioether (sulfide) groups is 1. The highest BCUT2D eigenvalue weighted by atomic mass is 32.2. The van der Waals surface area contributed by atoms with Crippen LogP contribution in [0, 0.1) is 6.92 Å². The monoisotopic (exact) mass is 482 g/mol. The van der Waals surface area contributed by atoms with Gasteiger partial charge in [0.1, 0.15) is 17.0 Å². The molecule has 0 amide bonds. The predicted molar refractivity (Wildman–Crippen MR) is 126 cm³/mol. The summed E-state index contributed by atoms with van der Waals surface area (Å²) in [7, 11) is 0. The van der Waals surface area contributed by atoms with E-state index in [1.807, 2.05) is 37.3 Å². The molecular formula is C21H18N6O2S3. The Bertz CT molecular complexity index is 1280. The Labute approximate surface area is 196 Å². The third-order valence-corrected chi connectivity index (χ3v) is 7.48. The molecule has 0 radical (unpaired) electrons. The van der Waals surface area contributed by atoms with Crippen LogP contribution < -0.4 is 5.32 Å². The summed E-state index contributed by atoms with van der Waals surface area (Å²) >= 11 is 4.79. The van der Waals surface area contributed by atoms with E-state index in [0.717, 1.165) is 28.0 Å². The van der Waals surface area contributed by atoms with Crippen molar-refractivity contribution in [2.75, 3.05) is 11.9 Å². The third-order valence-electron chi connectivity index (χ3n) is 4.54. The van der Waals surface area contributed by atoms with Crippen LogP contribution in [0.5, 0.6) is 0 Å². The van der Waals surface area contributed by atoms with Gasteiger partial charge in [0.2, 0.25) is 11.0 Å². The number of aromatic nitrogens is 5. The second kappa shape index (κ2) is 9.63. The first kappa shape index (κ1) is 20.9. The predicted octanol–water partition coefficient (Wildman–Crippen LogP) is 5.56. The van der Waals surface area contributed by atoms with Crippen molar-refractivity contribution < 1.29 is 8.94 Å². The zero-order valence-corrected chi connectivity index (χ0v) is 19.5. The number of thiophene rings is 1. The molecule has 8 nitrogen and oxygen atoms in total. The molecule has 32 heavy (non-hydrogen) atoms. The molecule has 0 bridgehead atoms. The summed E-state index contributed by atoms with van der Waals surface area (Å²) in [6, 6.07) is 14.0. The Kier molecular flexibility index (Phi) is 6.28. The van der Waals surface area contributed by atoms with Gasteiger partial charge in [-0.1, -0.05) is 64.7 Å². The van der Waals surface area contributed by atoms with Gasteiger partial charge in [0.05, 0.1) is 5.75 Å². The Morgan fingerprint density at radius 1 is 1.03 bits per heavy atom. The smallest absolute Gasteiger partial charge is 0.253 e. The quantitative estimate of drug-likeness (QED) is 0.270. The Morgan fingerprint density at radius 2 is 1.94 bits per heavy atom. The molecule has 0 aliphatic carbocycles. The number of hydrogen-bond acceptors (Lipinski definition) is 11. The van der Waals surface area contributed by atoms with E-state index >= 15 is 0 Å². The van der Waals surface area contributed by atoms with E-state index in [4.69, 9.17) is 8.94 Å². The molecule has 0 unspecified atom stereocenters. The third kappa shape index (κ3) is 4.74. The van der Waals surface area contributed by atoms with Gasteiger partial charge >= 0.3 is 0 Å². The van der Waals surface area contributed by atoms with Crippen LogP contribution in [0.15, 0.2) is 61.1 Å². The molecule has 1 aromatic carbocycles. The van der Waals surface area contributed by atoms with Crippen molar-refractivity contribution >= 4 is 39.6 Å². The van der Waals surface area contributed by atoms with Crippen molar-refractivity contribution in [3.05, 3.63) is 64.4 Å². The fourth-order valence-corrected chi connectivity index (χ4v) is 5.36. The van der Waals surface area contributed by atoms with Gasteiger partial charge in [-0.05, 0) is 24.8 Å². The van der Waals surface area contributed by atoms with Gasteiger partial charge in [-0.3, -0.25) is 0 Å². The summed E-state index contributed by atoms with van der Waals surface area (Å²) in [5.41, 5.74) is 2.34. The molecule has 0 fully saturated rings. The van der Waals surface area contributed by atoms with Gasteiger partial charge in [-0.15, -0.1) is 31.7 Å². The van der Waals surface area contributed by atoms with Gasteiger partial charge in [-0.2, -0.15) is 0 Å². The summed E-state index contributed by atoms with van der Waals surface area (Å²) in [6.07, 6.45) is 0.970. The van der Waals surface area contributed by atoms with Crippen molar-refractivity contribution in [1.82, 2.24) is 25.6 Å². The lowest BCUT2D eigenvalue weighted by molar-refractivity contribution is 0.399. The van der Waals surface area contributed by atoms with E-state index in [9.17, 15) is 0 Å². The van der Waals surface area contributed by atoms with Crippen molar-refractivity contribution in [2.24, 2.45) is 0 Å². The lowest BCUT2D eigenvalue weighted by atomic mass is 10.1. The second-order valence-electron chi connectivity index (χ2n) is 6.75. The maximum atomic E-state index is 5.90. The summed E-state index contributed by atoms with van der Waals surface area (Å²) < 4.78 is 12.1. The minimum absolute atomic E-state index is 0.395. The average molecular weight is 483 g/mol. The molecule has 4 heterocycles. The lowest BCUT2D eigenvalue weighted by Gasteiger charge is -1.99. The largest absolute Gasteiger partial charge is 0.420 e. The number of benzene rings is 1. The van der Waals surface area contributed by atoms with Gasteiger partial charge < -0.3 is 14.3 Å². The van der Waals surface area contributed by atoms with Crippen LogP contribution in [0.25, 0.3) is 22.7 Å². The zero-order valence-electron chi connectivity index (χ0n) is 17.0. The summed E-state index contributed by atoms with van der Waals surface area (Å²) in [6.45, 7) is 2.66. The fourth-order valence-electron chi connectivity index (χ4n) is 3.04. The molecular weight excluding hydrogens is 464 g/mol. The van der Waals surface area contributed by atoms with Gasteiger partial charge in [0.25, 0.3) is 5.89 Å². The highest BCUT2D eigenvalue weighted by Gasteiger charge is 2.22. The zero-order chi connectivity index (χ0) is 21.8. The van der Waals surface area contributed by atoms with E-state index in [-0.39, 0.29) is 0 Å². The highest BCUT2D eigenvalue weighted by molar-refractivity contribution is 8.00. The number of nitrogens with one attached hydrogen (secondary N) is 1. The van der Waals surface area contributed by atoms with Crippen LogP contribution >= 0.6 is 34.4 Å². The van der Waals surface area contributed by atoms with Crippen molar-refractivity contribution in [2.45, 2.75) is 23.4 Å². The maximum absolute atomic E-state index is 5.90. The number of aryl methyl sites for hydroxylation is 1. The summed E-state index contributed by atoms with van der Waals surface area (Å²) in [4.78, 5) is 1.35. The molecule has 4 aromatic heterocycles. The molecule has 0 saturated heterocycles. The van der Waals surface area contributed by atoms with E-state index in [1.165, 1.54) is 28.0 Å². The van der Waals surface area contributed by atoms with Gasteiger partial charge in [0.15, 0.2) is 4.34 Å². The van der Waals surface area contributed by atoms with Crippen LogP contribution in [-0.4, -0.2) is 32.1 Å². The SMILES string of the molecule is Cc1onc(-c2ccccc2)c1-c1nnc(CSc2nnc(NCCc3cccs3)s2)o1. The van der Waals surface area contributed by atoms with Crippen molar-refractivity contribution in [3.8, 4) is 22.7 Å².